The highest BCUT2D eigenvalue weighted by molar-refractivity contribution is 6.35. The van der Waals surface area contributed by atoms with Gasteiger partial charge in [-0.2, -0.15) is 0 Å². The molecule has 5 aromatic rings. The van der Waals surface area contributed by atoms with Crippen molar-refractivity contribution in [3.05, 3.63) is 111 Å². The predicted octanol–water partition coefficient (Wildman–Crippen LogP) is 3.65. The van der Waals surface area contributed by atoms with Gasteiger partial charge in [-0.05, 0) is 42.3 Å². The molecule has 0 bridgehead atoms. The maximum Gasteiger partial charge on any atom is 0.338 e. The van der Waals surface area contributed by atoms with Crippen molar-refractivity contribution in [2.45, 2.75) is 6.42 Å². The number of nitrogens with zero attached hydrogens (tertiary/aromatic N) is 5. The van der Waals surface area contributed by atoms with E-state index in [0.29, 0.717) is 63.0 Å². The number of carbonyl (C=O) groups is 1. The lowest BCUT2D eigenvalue weighted by molar-refractivity contribution is 0.0600. The van der Waals surface area contributed by atoms with Gasteiger partial charge in [0, 0.05) is 19.2 Å². The molecule has 0 spiro atoms. The van der Waals surface area contributed by atoms with Gasteiger partial charge in [-0.25, -0.2) is 24.7 Å². The Bertz CT molecular complexity index is 1850. The zero-order chi connectivity index (χ0) is 28.1. The summed E-state index contributed by atoms with van der Waals surface area (Å²) in [5, 5.41) is 3.93. The zero-order valence-corrected chi connectivity index (χ0v) is 22.0. The normalized spacial score (nSPS) is 10.6. The van der Waals surface area contributed by atoms with Crippen molar-refractivity contribution in [1.82, 2.24) is 24.5 Å². The molecule has 0 radical (unpaired) electrons. The summed E-state index contributed by atoms with van der Waals surface area (Å²) in [7, 11) is 1.30. The summed E-state index contributed by atoms with van der Waals surface area (Å²) in [6, 6.07) is 17.5. The Labute approximate surface area is 233 Å². The fourth-order valence-electron chi connectivity index (χ4n) is 4.07. The first kappa shape index (κ1) is 26.3. The molecule has 3 aromatic heterocycles. The minimum absolute atomic E-state index is 0.175. The van der Waals surface area contributed by atoms with Crippen molar-refractivity contribution >= 4 is 40.1 Å². The molecule has 0 aliphatic heterocycles. The average molecular weight is 552 g/mol. The number of benzene rings is 2. The van der Waals surface area contributed by atoms with Crippen LogP contribution in [0.1, 0.15) is 27.4 Å². The summed E-state index contributed by atoms with van der Waals surface area (Å²) in [6.07, 6.45) is 3.16. The third kappa shape index (κ3) is 5.45. The van der Waals surface area contributed by atoms with Gasteiger partial charge in [0.2, 0.25) is 0 Å². The number of carbonyl (C=O) groups excluding carboxylic acids is 1. The smallest absolute Gasteiger partial charge is 0.338 e. The van der Waals surface area contributed by atoms with Crippen LogP contribution in [0.2, 0.25) is 5.02 Å². The van der Waals surface area contributed by atoms with Crippen molar-refractivity contribution < 1.29 is 9.53 Å². The summed E-state index contributed by atoms with van der Waals surface area (Å²) in [5.41, 5.74) is 8.09. The number of anilines is 2. The van der Waals surface area contributed by atoms with E-state index in [1.54, 1.807) is 22.8 Å². The molecule has 0 aliphatic carbocycles. The number of nitrogens with two attached hydrogens (primary N) is 1. The summed E-state index contributed by atoms with van der Waals surface area (Å²) < 4.78 is 6.31. The summed E-state index contributed by atoms with van der Waals surface area (Å²) in [6.45, 7) is 0.354. The lowest BCUT2D eigenvalue weighted by Crippen LogP contribution is -2.25. The van der Waals surface area contributed by atoms with Crippen LogP contribution in [0.25, 0.3) is 16.6 Å². The summed E-state index contributed by atoms with van der Waals surface area (Å²) in [5.74, 6) is 6.46. The first-order chi connectivity index (χ1) is 19.5. The van der Waals surface area contributed by atoms with Crippen molar-refractivity contribution in [1.29, 1.82) is 0 Å². The molecule has 3 heterocycles. The Balaban J connectivity index is 1.44. The highest BCUT2D eigenvalue weighted by Gasteiger charge is 2.15. The minimum Gasteiger partial charge on any atom is -0.465 e. The van der Waals surface area contributed by atoms with Gasteiger partial charge in [-0.15, -0.1) is 0 Å². The maximum atomic E-state index is 13.5. The first-order valence-corrected chi connectivity index (χ1v) is 12.5. The number of aromatic nitrogens is 5. The van der Waals surface area contributed by atoms with Crippen LogP contribution in [0.5, 0.6) is 0 Å². The quantitative estimate of drug-likeness (QED) is 0.239. The van der Waals surface area contributed by atoms with Crippen LogP contribution in [-0.2, 0) is 11.2 Å². The van der Waals surface area contributed by atoms with Crippen molar-refractivity contribution in [2.75, 3.05) is 24.7 Å². The number of fused-ring (bicyclic) bond motifs is 1. The molecule has 0 saturated heterocycles. The molecule has 2 aromatic carbocycles. The van der Waals surface area contributed by atoms with Crippen LogP contribution in [0.15, 0.2) is 78.0 Å². The number of hydrogen-bond donors (Lipinski definition) is 2. The molecule has 10 nitrogen and oxygen atoms in total. The number of pyridine rings is 1. The second kappa shape index (κ2) is 11.6. The third-order valence-corrected chi connectivity index (χ3v) is 6.26. The number of para-hydroxylation sites is 1. The molecular formula is C29H22ClN7O3. The van der Waals surface area contributed by atoms with E-state index in [0.717, 1.165) is 0 Å². The van der Waals surface area contributed by atoms with E-state index in [-0.39, 0.29) is 11.4 Å². The highest BCUT2D eigenvalue weighted by atomic mass is 35.5. The minimum atomic E-state index is -0.492. The molecule has 0 atom stereocenters. The van der Waals surface area contributed by atoms with E-state index in [1.165, 1.54) is 31.8 Å². The maximum absolute atomic E-state index is 13.5. The second-order valence-corrected chi connectivity index (χ2v) is 8.88. The number of rotatable bonds is 6. The number of hydrogen-bond acceptors (Lipinski definition) is 9. The fourth-order valence-corrected chi connectivity index (χ4v) is 4.32. The molecule has 0 fully saturated rings. The molecule has 198 valence electrons. The topological polar surface area (TPSA) is 138 Å². The average Bonchev–Trinajstić information content (AvgIpc) is 2.97. The van der Waals surface area contributed by atoms with Crippen LogP contribution in [0.4, 0.5) is 11.6 Å². The van der Waals surface area contributed by atoms with Crippen molar-refractivity contribution in [3.63, 3.8) is 0 Å². The van der Waals surface area contributed by atoms with E-state index in [1.807, 2.05) is 30.3 Å². The summed E-state index contributed by atoms with van der Waals surface area (Å²) in [4.78, 5) is 42.6. The van der Waals surface area contributed by atoms with Crippen LogP contribution < -0.4 is 16.6 Å². The SMILES string of the molecule is COC(=O)c1ccnc(C#Cc2c(N)ncnc2NCCc2nc3cccc(Cl)c3c(=O)n2-c2ccccc2)c1. The summed E-state index contributed by atoms with van der Waals surface area (Å²) >= 11 is 6.36. The Kier molecular flexibility index (Phi) is 7.66. The molecule has 0 unspecified atom stereocenters. The van der Waals surface area contributed by atoms with E-state index >= 15 is 0 Å². The predicted molar refractivity (Wildman–Crippen MR) is 153 cm³/mol. The number of methoxy groups -OCH3 is 1. The first-order valence-electron chi connectivity index (χ1n) is 12.1. The van der Waals surface area contributed by atoms with E-state index in [9.17, 15) is 9.59 Å². The van der Waals surface area contributed by atoms with Gasteiger partial charge in [0.15, 0.2) is 0 Å². The fraction of sp³-hybridized carbons (Fsp3) is 0.103. The van der Waals surface area contributed by atoms with Crippen LogP contribution in [0, 0.1) is 11.8 Å². The molecule has 0 aliphatic rings. The molecule has 0 amide bonds. The lowest BCUT2D eigenvalue weighted by atomic mass is 10.2. The zero-order valence-electron chi connectivity index (χ0n) is 21.3. The van der Waals surface area contributed by atoms with E-state index in [4.69, 9.17) is 27.1 Å². The molecule has 11 heteroatoms. The second-order valence-electron chi connectivity index (χ2n) is 8.47. The van der Waals surface area contributed by atoms with Gasteiger partial charge >= 0.3 is 5.97 Å². The monoisotopic (exact) mass is 551 g/mol. The van der Waals surface area contributed by atoms with Gasteiger partial charge in [-0.3, -0.25) is 9.36 Å². The van der Waals surface area contributed by atoms with Gasteiger partial charge in [0.25, 0.3) is 5.56 Å². The number of nitrogens with one attached hydrogen (secondary N) is 1. The van der Waals surface area contributed by atoms with Gasteiger partial charge in [-0.1, -0.05) is 41.8 Å². The number of esters is 1. The van der Waals surface area contributed by atoms with Crippen LogP contribution >= 0.6 is 11.6 Å². The van der Waals surface area contributed by atoms with E-state index < -0.39 is 5.97 Å². The standard InChI is InChI=1S/C29H22ClN7O3/c1-40-29(39)18-12-14-32-19(16-18)10-11-21-26(31)34-17-35-27(21)33-15-13-24-36-23-9-5-8-22(30)25(23)28(38)37(24)20-6-3-2-4-7-20/h2-9,12,14,16-17H,13,15H2,1H3,(H3,31,33,34,35). The Morgan fingerprint density at radius 2 is 1.90 bits per heavy atom. The Hall–Kier alpha value is -5.27. The van der Waals surface area contributed by atoms with Gasteiger partial charge < -0.3 is 15.8 Å². The number of nitrogen functional groups attached to an aromatic ring is 1. The lowest BCUT2D eigenvalue weighted by Gasteiger charge is -2.15. The van der Waals surface area contributed by atoms with Crippen molar-refractivity contribution in [3.8, 4) is 17.5 Å². The number of halogens is 1. The third-order valence-electron chi connectivity index (χ3n) is 5.94. The van der Waals surface area contributed by atoms with Gasteiger partial charge in [0.05, 0.1) is 34.3 Å². The number of ether oxygens (including phenoxy) is 1. The molecule has 0 saturated carbocycles. The van der Waals surface area contributed by atoms with E-state index in [2.05, 4.69) is 32.1 Å². The molecule has 40 heavy (non-hydrogen) atoms. The Morgan fingerprint density at radius 1 is 1.07 bits per heavy atom. The Morgan fingerprint density at radius 3 is 2.70 bits per heavy atom. The largest absolute Gasteiger partial charge is 0.465 e. The van der Waals surface area contributed by atoms with Crippen LogP contribution in [-0.4, -0.2) is 44.1 Å². The molecule has 3 N–H and O–H groups in total. The highest BCUT2D eigenvalue weighted by Crippen LogP contribution is 2.21. The van der Waals surface area contributed by atoms with Crippen LogP contribution in [0.3, 0.4) is 0 Å². The van der Waals surface area contributed by atoms with Gasteiger partial charge in [0.1, 0.15) is 35.0 Å². The molecule has 5 rings (SSSR count). The van der Waals surface area contributed by atoms with Crippen molar-refractivity contribution in [2.24, 2.45) is 0 Å². The molecular weight excluding hydrogens is 530 g/mol.